The Bertz CT molecular complexity index is 406. The standard InChI is InChI=1S/C13H29N3O4S/c1-13(2)11-16(6-5-12(13)14)21(17,18)15(7-9-19-3)8-10-20-4/h12H,5-11,14H2,1-4H3. The number of hydrogen-bond acceptors (Lipinski definition) is 5. The van der Waals surface area contributed by atoms with Crippen molar-refractivity contribution < 1.29 is 17.9 Å². The lowest BCUT2D eigenvalue weighted by molar-refractivity contribution is 0.129. The number of piperidine rings is 1. The third-order valence-corrected chi connectivity index (χ3v) is 6.00. The zero-order valence-electron chi connectivity index (χ0n) is 13.5. The Morgan fingerprint density at radius 1 is 1.24 bits per heavy atom. The summed E-state index contributed by atoms with van der Waals surface area (Å²) in [7, 11) is -0.393. The molecule has 0 bridgehead atoms. The van der Waals surface area contributed by atoms with Gasteiger partial charge in [0.25, 0.3) is 10.2 Å². The maximum atomic E-state index is 12.8. The minimum Gasteiger partial charge on any atom is -0.383 e. The molecule has 21 heavy (non-hydrogen) atoms. The van der Waals surface area contributed by atoms with E-state index in [9.17, 15) is 8.42 Å². The lowest BCUT2D eigenvalue weighted by Crippen LogP contribution is -2.57. The van der Waals surface area contributed by atoms with Gasteiger partial charge in [0.05, 0.1) is 13.2 Å². The molecule has 8 heteroatoms. The second-order valence-corrected chi connectivity index (χ2v) is 8.04. The van der Waals surface area contributed by atoms with Crippen LogP contribution in [-0.2, 0) is 19.7 Å². The van der Waals surface area contributed by atoms with Gasteiger partial charge in [0, 0.05) is 46.4 Å². The molecule has 0 aromatic carbocycles. The van der Waals surface area contributed by atoms with Gasteiger partial charge in [-0.2, -0.15) is 17.0 Å². The average molecular weight is 323 g/mol. The fourth-order valence-electron chi connectivity index (χ4n) is 2.41. The van der Waals surface area contributed by atoms with Crippen LogP contribution in [0.5, 0.6) is 0 Å². The highest BCUT2D eigenvalue weighted by Crippen LogP contribution is 2.30. The minimum atomic E-state index is -3.51. The second kappa shape index (κ2) is 7.85. The van der Waals surface area contributed by atoms with E-state index in [4.69, 9.17) is 15.2 Å². The van der Waals surface area contributed by atoms with Crippen molar-refractivity contribution in [1.82, 2.24) is 8.61 Å². The molecule has 1 saturated heterocycles. The van der Waals surface area contributed by atoms with Crippen LogP contribution in [0, 0.1) is 5.41 Å². The largest absolute Gasteiger partial charge is 0.383 e. The summed E-state index contributed by atoms with van der Waals surface area (Å²) in [6, 6.07) is 0.0235. The molecular weight excluding hydrogens is 294 g/mol. The van der Waals surface area contributed by atoms with Crippen LogP contribution >= 0.6 is 0 Å². The molecule has 1 heterocycles. The number of nitrogens with zero attached hydrogens (tertiary/aromatic N) is 2. The van der Waals surface area contributed by atoms with Crippen molar-refractivity contribution in [1.29, 1.82) is 0 Å². The molecule has 0 spiro atoms. The summed E-state index contributed by atoms with van der Waals surface area (Å²) in [6.45, 7) is 6.29. The fourth-order valence-corrected chi connectivity index (χ4v) is 4.18. The molecule has 0 aliphatic carbocycles. The molecule has 0 aromatic rings. The first-order valence-electron chi connectivity index (χ1n) is 7.24. The monoisotopic (exact) mass is 323 g/mol. The van der Waals surface area contributed by atoms with E-state index in [1.807, 2.05) is 13.8 Å². The smallest absolute Gasteiger partial charge is 0.282 e. The highest BCUT2D eigenvalue weighted by Gasteiger charge is 2.40. The molecule has 1 rings (SSSR count). The van der Waals surface area contributed by atoms with E-state index in [0.29, 0.717) is 45.8 Å². The number of methoxy groups -OCH3 is 2. The van der Waals surface area contributed by atoms with E-state index in [1.165, 1.54) is 8.61 Å². The van der Waals surface area contributed by atoms with Crippen molar-refractivity contribution in [2.75, 3.05) is 53.6 Å². The van der Waals surface area contributed by atoms with Gasteiger partial charge in [0.2, 0.25) is 0 Å². The zero-order valence-corrected chi connectivity index (χ0v) is 14.4. The van der Waals surface area contributed by atoms with Crippen LogP contribution in [0.3, 0.4) is 0 Å². The molecule has 0 radical (unpaired) electrons. The van der Waals surface area contributed by atoms with E-state index < -0.39 is 10.2 Å². The number of hydrogen-bond donors (Lipinski definition) is 1. The molecule has 1 aliphatic heterocycles. The maximum Gasteiger partial charge on any atom is 0.282 e. The first-order chi connectivity index (χ1) is 9.75. The Kier molecular flexibility index (Phi) is 7.02. The summed E-state index contributed by atoms with van der Waals surface area (Å²) in [5, 5.41) is 0. The number of ether oxygens (including phenoxy) is 2. The molecule has 1 aliphatic rings. The molecule has 0 aromatic heterocycles. The normalized spacial score (nSPS) is 23.6. The summed E-state index contributed by atoms with van der Waals surface area (Å²) in [4.78, 5) is 0. The van der Waals surface area contributed by atoms with Gasteiger partial charge in [-0.25, -0.2) is 0 Å². The summed E-state index contributed by atoms with van der Waals surface area (Å²) in [5.41, 5.74) is 5.86. The average Bonchev–Trinajstić information content (AvgIpc) is 2.41. The van der Waals surface area contributed by atoms with Crippen LogP contribution < -0.4 is 5.73 Å². The van der Waals surface area contributed by atoms with Gasteiger partial charge in [-0.1, -0.05) is 13.8 Å². The third-order valence-electron chi connectivity index (χ3n) is 4.02. The second-order valence-electron chi connectivity index (χ2n) is 6.11. The molecule has 1 fully saturated rings. The molecule has 1 atom stereocenters. The molecule has 0 amide bonds. The highest BCUT2D eigenvalue weighted by atomic mass is 32.2. The molecule has 0 saturated carbocycles. The lowest BCUT2D eigenvalue weighted by Gasteiger charge is -2.43. The fraction of sp³-hybridized carbons (Fsp3) is 1.00. The van der Waals surface area contributed by atoms with Gasteiger partial charge in [0.15, 0.2) is 0 Å². The predicted octanol–water partition coefficient (Wildman–Crippen LogP) is -0.115. The lowest BCUT2D eigenvalue weighted by atomic mass is 9.81. The molecular formula is C13H29N3O4S. The first kappa shape index (κ1) is 18.8. The Balaban J connectivity index is 2.84. The van der Waals surface area contributed by atoms with E-state index >= 15 is 0 Å². The summed E-state index contributed by atoms with van der Waals surface area (Å²) < 4.78 is 38.6. The number of nitrogens with two attached hydrogens (primary N) is 1. The van der Waals surface area contributed by atoms with Crippen molar-refractivity contribution in [2.24, 2.45) is 11.1 Å². The van der Waals surface area contributed by atoms with Gasteiger partial charge >= 0.3 is 0 Å². The van der Waals surface area contributed by atoms with Crippen LogP contribution in [-0.4, -0.2) is 76.7 Å². The Hall–Kier alpha value is -0.250. The van der Waals surface area contributed by atoms with Crippen LogP contribution in [0.25, 0.3) is 0 Å². The SMILES string of the molecule is COCCN(CCOC)S(=O)(=O)N1CCC(N)C(C)(C)C1. The number of rotatable bonds is 8. The van der Waals surface area contributed by atoms with Gasteiger partial charge in [-0.15, -0.1) is 0 Å². The van der Waals surface area contributed by atoms with Gasteiger partial charge in [-0.3, -0.25) is 0 Å². The van der Waals surface area contributed by atoms with Crippen LogP contribution in [0.1, 0.15) is 20.3 Å². The van der Waals surface area contributed by atoms with E-state index in [2.05, 4.69) is 0 Å². The summed E-state index contributed by atoms with van der Waals surface area (Å²) >= 11 is 0. The van der Waals surface area contributed by atoms with Gasteiger partial charge in [0.1, 0.15) is 0 Å². The maximum absolute atomic E-state index is 12.8. The summed E-state index contributed by atoms with van der Waals surface area (Å²) in [6.07, 6.45) is 0.675. The van der Waals surface area contributed by atoms with Crippen LogP contribution in [0.15, 0.2) is 0 Å². The highest BCUT2D eigenvalue weighted by molar-refractivity contribution is 7.86. The van der Waals surface area contributed by atoms with Crippen molar-refractivity contribution in [3.63, 3.8) is 0 Å². The van der Waals surface area contributed by atoms with Gasteiger partial charge < -0.3 is 15.2 Å². The molecule has 2 N–H and O–H groups in total. The molecule has 1 unspecified atom stereocenters. The van der Waals surface area contributed by atoms with E-state index in [1.54, 1.807) is 14.2 Å². The van der Waals surface area contributed by atoms with Crippen molar-refractivity contribution in [3.05, 3.63) is 0 Å². The molecule has 7 nitrogen and oxygen atoms in total. The van der Waals surface area contributed by atoms with Crippen LogP contribution in [0.4, 0.5) is 0 Å². The van der Waals surface area contributed by atoms with Crippen molar-refractivity contribution in [3.8, 4) is 0 Å². The summed E-state index contributed by atoms with van der Waals surface area (Å²) in [5.74, 6) is 0. The van der Waals surface area contributed by atoms with Crippen LogP contribution in [0.2, 0.25) is 0 Å². The molecule has 126 valence electrons. The first-order valence-corrected chi connectivity index (χ1v) is 8.64. The zero-order chi connectivity index (χ0) is 16.1. The van der Waals surface area contributed by atoms with Crippen molar-refractivity contribution in [2.45, 2.75) is 26.3 Å². The van der Waals surface area contributed by atoms with Gasteiger partial charge in [-0.05, 0) is 11.8 Å². The quantitative estimate of drug-likeness (QED) is 0.673. The predicted molar refractivity (Wildman–Crippen MR) is 82.2 cm³/mol. The Morgan fingerprint density at radius 2 is 1.76 bits per heavy atom. The Labute approximate surface area is 128 Å². The third kappa shape index (κ3) is 4.87. The van der Waals surface area contributed by atoms with Crippen molar-refractivity contribution >= 4 is 10.2 Å². The Morgan fingerprint density at radius 3 is 2.19 bits per heavy atom. The van der Waals surface area contributed by atoms with E-state index in [0.717, 1.165) is 0 Å². The topological polar surface area (TPSA) is 85.1 Å². The van der Waals surface area contributed by atoms with E-state index in [-0.39, 0.29) is 11.5 Å². The minimum absolute atomic E-state index is 0.0235.